The molecule has 1 saturated heterocycles. The number of aromatic nitrogens is 2. The summed E-state index contributed by atoms with van der Waals surface area (Å²) in [5.41, 5.74) is 5.08. The molecule has 2 heterocycles. The number of benzene rings is 3. The van der Waals surface area contributed by atoms with Crippen LogP contribution in [0.2, 0.25) is 0 Å². The molecule has 1 N–H and O–H groups in total. The zero-order valence-electron chi connectivity index (χ0n) is 26.2. The van der Waals surface area contributed by atoms with Gasteiger partial charge in [-0.3, -0.25) is 4.90 Å². The topological polar surface area (TPSA) is 79.8 Å². The lowest BCUT2D eigenvalue weighted by atomic mass is 9.97. The zero-order chi connectivity index (χ0) is 31.9. The summed E-state index contributed by atoms with van der Waals surface area (Å²) in [6, 6.07) is 15.9. The van der Waals surface area contributed by atoms with Gasteiger partial charge in [-0.2, -0.15) is 4.98 Å². The van der Waals surface area contributed by atoms with Crippen LogP contribution < -0.4 is 19.7 Å². The number of nitrogens with zero attached hydrogens (tertiary/aromatic N) is 4. The van der Waals surface area contributed by atoms with Crippen molar-refractivity contribution in [1.82, 2.24) is 14.9 Å². The normalized spacial score (nSPS) is 13.4. The molecule has 1 aliphatic heterocycles. The largest absolute Gasteiger partial charge is 0.493 e. The first-order valence-corrected chi connectivity index (χ1v) is 15.3. The fourth-order valence-electron chi connectivity index (χ4n) is 5.36. The van der Waals surface area contributed by atoms with Crippen molar-refractivity contribution in [2.45, 2.75) is 46.5 Å². The van der Waals surface area contributed by atoms with Gasteiger partial charge in [-0.1, -0.05) is 24.6 Å². The van der Waals surface area contributed by atoms with Crippen molar-refractivity contribution in [2.75, 3.05) is 43.5 Å². The van der Waals surface area contributed by atoms with E-state index in [0.29, 0.717) is 23.7 Å². The van der Waals surface area contributed by atoms with Crippen molar-refractivity contribution in [3.8, 4) is 22.9 Å². The van der Waals surface area contributed by atoms with Gasteiger partial charge in [0.1, 0.15) is 17.4 Å². The number of hydrogen-bond acceptors (Lipinski definition) is 7. The minimum atomic E-state index is -0.938. The van der Waals surface area contributed by atoms with Gasteiger partial charge in [0, 0.05) is 43.0 Å². The van der Waals surface area contributed by atoms with Gasteiger partial charge < -0.3 is 19.7 Å². The molecule has 3 aromatic carbocycles. The lowest BCUT2D eigenvalue weighted by Gasteiger charge is -2.26. The molecule has 0 saturated carbocycles. The average Bonchev–Trinajstić information content (AvgIpc) is 3.03. The molecule has 0 bridgehead atoms. The number of amides is 1. The van der Waals surface area contributed by atoms with E-state index in [0.717, 1.165) is 71.4 Å². The summed E-state index contributed by atoms with van der Waals surface area (Å²) in [5.74, 6) is -0.597. The van der Waals surface area contributed by atoms with Crippen molar-refractivity contribution in [3.05, 3.63) is 89.0 Å². The van der Waals surface area contributed by atoms with Gasteiger partial charge in [-0.05, 0) is 94.1 Å². The van der Waals surface area contributed by atoms with Crippen molar-refractivity contribution in [2.24, 2.45) is 0 Å². The monoisotopic (exact) mass is 615 g/mol. The van der Waals surface area contributed by atoms with Crippen molar-refractivity contribution in [3.63, 3.8) is 0 Å². The highest BCUT2D eigenvalue weighted by molar-refractivity contribution is 5.88. The highest BCUT2D eigenvalue weighted by Crippen LogP contribution is 2.31. The molecule has 8 nitrogen and oxygen atoms in total. The molecule has 1 aromatic heterocycles. The van der Waals surface area contributed by atoms with Gasteiger partial charge in [0.2, 0.25) is 11.8 Å². The molecule has 0 radical (unpaired) electrons. The number of rotatable bonds is 10. The van der Waals surface area contributed by atoms with E-state index in [2.05, 4.69) is 15.2 Å². The van der Waals surface area contributed by atoms with E-state index in [4.69, 9.17) is 14.5 Å². The van der Waals surface area contributed by atoms with Crippen LogP contribution in [0.15, 0.2) is 60.7 Å². The summed E-state index contributed by atoms with van der Waals surface area (Å²) in [7, 11) is 1.30. The third-order valence-electron chi connectivity index (χ3n) is 8.20. The number of nitrogens with one attached hydrogen (secondary N) is 1. The molecule has 45 heavy (non-hydrogen) atoms. The first-order valence-electron chi connectivity index (χ1n) is 15.3. The van der Waals surface area contributed by atoms with Gasteiger partial charge in [-0.15, -0.1) is 0 Å². The second-order valence-electron chi connectivity index (χ2n) is 11.4. The van der Waals surface area contributed by atoms with Gasteiger partial charge in [-0.25, -0.2) is 18.6 Å². The van der Waals surface area contributed by atoms with E-state index in [9.17, 15) is 13.6 Å². The number of likely N-dealkylation sites (tertiary alicyclic amines) is 1. The molecule has 0 spiro atoms. The molecule has 0 unspecified atom stereocenters. The Morgan fingerprint density at radius 3 is 2.56 bits per heavy atom. The summed E-state index contributed by atoms with van der Waals surface area (Å²) in [5, 5.41) is 3.21. The smallest absolute Gasteiger partial charge is 0.420 e. The minimum Gasteiger partial charge on any atom is -0.493 e. The molecule has 5 rings (SSSR count). The molecule has 10 heteroatoms. The van der Waals surface area contributed by atoms with Crippen LogP contribution in [-0.4, -0.2) is 54.2 Å². The Balaban J connectivity index is 1.36. The molecule has 0 aliphatic carbocycles. The summed E-state index contributed by atoms with van der Waals surface area (Å²) in [6.45, 7) is 10.0. The standard InChI is InChI=1S/C35H39F2N5O3/c1-23-12-14-29(25(3)24(23)2)31-22-33(45-35(43)41(4)32-20-26(36)13-15-30(32)37)40-34(39-31)38-27-10-8-11-28(21-27)44-19-9-18-42-16-6-5-7-17-42/h8,10-15,20-22H,5-7,9,16-19H2,1-4H3,(H,38,39,40). The second kappa shape index (κ2) is 14.5. The Hall–Kier alpha value is -4.57. The zero-order valence-corrected chi connectivity index (χ0v) is 26.2. The molecule has 0 atom stereocenters. The van der Waals surface area contributed by atoms with Crippen LogP contribution in [0.5, 0.6) is 11.6 Å². The molecule has 1 amide bonds. The number of hydrogen-bond donors (Lipinski definition) is 1. The van der Waals surface area contributed by atoms with Crippen LogP contribution in [0.1, 0.15) is 42.4 Å². The molecule has 236 valence electrons. The number of anilines is 3. The van der Waals surface area contributed by atoms with Gasteiger partial charge in [0.05, 0.1) is 18.0 Å². The maximum absolute atomic E-state index is 14.4. The fourth-order valence-corrected chi connectivity index (χ4v) is 5.36. The Kier molecular flexibility index (Phi) is 10.2. The third-order valence-corrected chi connectivity index (χ3v) is 8.20. The van der Waals surface area contributed by atoms with Crippen LogP contribution in [0.4, 0.5) is 30.9 Å². The molecule has 1 aliphatic rings. The van der Waals surface area contributed by atoms with Gasteiger partial charge >= 0.3 is 6.09 Å². The van der Waals surface area contributed by atoms with E-state index in [-0.39, 0.29) is 17.5 Å². The third kappa shape index (κ3) is 8.13. The lowest BCUT2D eigenvalue weighted by molar-refractivity contribution is 0.205. The van der Waals surface area contributed by atoms with Crippen LogP contribution >= 0.6 is 0 Å². The fraction of sp³-hybridized carbons (Fsp3) is 0.343. The summed E-state index contributed by atoms with van der Waals surface area (Å²) >= 11 is 0. The lowest BCUT2D eigenvalue weighted by Crippen LogP contribution is -2.31. The minimum absolute atomic E-state index is 0.0566. The molecular weight excluding hydrogens is 576 g/mol. The number of halogens is 2. The Bertz CT molecular complexity index is 1660. The van der Waals surface area contributed by atoms with Gasteiger partial charge in [0.25, 0.3) is 0 Å². The number of carbonyl (C=O) groups is 1. The van der Waals surface area contributed by atoms with E-state index in [1.807, 2.05) is 57.2 Å². The maximum atomic E-state index is 14.4. The van der Waals surface area contributed by atoms with Crippen LogP contribution in [0, 0.1) is 32.4 Å². The summed E-state index contributed by atoms with van der Waals surface area (Å²) < 4.78 is 39.8. The summed E-state index contributed by atoms with van der Waals surface area (Å²) in [4.78, 5) is 25.6. The molecule has 1 fully saturated rings. The van der Waals surface area contributed by atoms with Crippen molar-refractivity contribution < 1.29 is 23.0 Å². The van der Waals surface area contributed by atoms with Gasteiger partial charge in [0.15, 0.2) is 0 Å². The van der Waals surface area contributed by atoms with Crippen molar-refractivity contribution in [1.29, 1.82) is 0 Å². The van der Waals surface area contributed by atoms with Crippen LogP contribution in [0.3, 0.4) is 0 Å². The predicted molar refractivity (Wildman–Crippen MR) is 173 cm³/mol. The number of aryl methyl sites for hydroxylation is 1. The van der Waals surface area contributed by atoms with E-state index in [1.54, 1.807) is 6.07 Å². The van der Waals surface area contributed by atoms with E-state index < -0.39 is 17.7 Å². The molecule has 4 aromatic rings. The maximum Gasteiger partial charge on any atom is 0.420 e. The Morgan fingerprint density at radius 1 is 0.956 bits per heavy atom. The molecular formula is C35H39F2N5O3. The second-order valence-corrected chi connectivity index (χ2v) is 11.4. The first-order chi connectivity index (χ1) is 21.7. The highest BCUT2D eigenvalue weighted by Gasteiger charge is 2.20. The first kappa shape index (κ1) is 31.8. The Labute approximate surface area is 263 Å². The SMILES string of the molecule is Cc1ccc(-c2cc(OC(=O)N(C)c3cc(F)ccc3F)nc(Nc3cccc(OCCCN4CCCCC4)c3)n2)c(C)c1C. The average molecular weight is 616 g/mol. The van der Waals surface area contributed by atoms with Crippen molar-refractivity contribution >= 4 is 23.4 Å². The van der Waals surface area contributed by atoms with E-state index >= 15 is 0 Å². The number of carbonyl (C=O) groups excluding carboxylic acids is 1. The predicted octanol–water partition coefficient (Wildman–Crippen LogP) is 7.98. The quantitative estimate of drug-likeness (QED) is 0.181. The number of piperidine rings is 1. The number of ether oxygens (including phenoxy) is 2. The van der Waals surface area contributed by atoms with E-state index in [1.165, 1.54) is 26.3 Å². The highest BCUT2D eigenvalue weighted by atomic mass is 19.1. The summed E-state index contributed by atoms with van der Waals surface area (Å²) in [6.07, 6.45) is 3.86. The Morgan fingerprint density at radius 2 is 1.76 bits per heavy atom. The van der Waals surface area contributed by atoms with Crippen LogP contribution in [0.25, 0.3) is 11.3 Å². The van der Waals surface area contributed by atoms with Crippen LogP contribution in [-0.2, 0) is 0 Å².